The Kier molecular flexibility index (Phi) is 3.53. The molecule has 0 bridgehead atoms. The first-order valence-electron chi connectivity index (χ1n) is 6.49. The molecule has 8 heteroatoms. The number of aromatic amines is 1. The Bertz CT molecular complexity index is 818. The molecule has 0 radical (unpaired) electrons. The lowest BCUT2D eigenvalue weighted by Crippen LogP contribution is -2.31. The average molecular weight is 319 g/mol. The molecule has 3 rings (SSSR count). The molecule has 0 saturated heterocycles. The maximum absolute atomic E-state index is 12.3. The van der Waals surface area contributed by atoms with Crippen molar-refractivity contribution in [3.05, 3.63) is 39.7 Å². The van der Waals surface area contributed by atoms with Crippen LogP contribution in [-0.4, -0.2) is 32.3 Å². The Morgan fingerprint density at radius 1 is 1.27 bits per heavy atom. The minimum Gasteiger partial charge on any atom is -0.504 e. The Hall–Kier alpha value is -2.48. The molecule has 114 valence electrons. The molecule has 2 aromatic rings. The van der Waals surface area contributed by atoms with E-state index in [2.05, 4.69) is 15.3 Å². The van der Waals surface area contributed by atoms with Gasteiger partial charge in [-0.3, -0.25) is 9.59 Å². The normalized spacial score (nSPS) is 17.0. The fraction of sp³-hybridized carbons (Fsp3) is 0.214. The average Bonchev–Trinajstić information content (AvgIpc) is 2.48. The molecule has 1 aliphatic rings. The van der Waals surface area contributed by atoms with Crippen molar-refractivity contribution in [3.8, 4) is 11.5 Å². The molecular weight excluding hydrogens is 306 g/mol. The van der Waals surface area contributed by atoms with Crippen LogP contribution in [0.2, 0.25) is 0 Å². The molecule has 2 heterocycles. The largest absolute Gasteiger partial charge is 0.504 e. The van der Waals surface area contributed by atoms with Crippen molar-refractivity contribution < 1.29 is 15.0 Å². The number of H-pyrrole nitrogens is 1. The number of rotatable bonds is 2. The monoisotopic (exact) mass is 319 g/mol. The molecular formula is C14H13N3O4S. The Morgan fingerprint density at radius 2 is 2.05 bits per heavy atom. The lowest BCUT2D eigenvalue weighted by atomic mass is 9.86. The van der Waals surface area contributed by atoms with Gasteiger partial charge in [0.2, 0.25) is 5.91 Å². The van der Waals surface area contributed by atoms with E-state index in [0.717, 1.165) is 0 Å². The molecule has 0 aliphatic carbocycles. The lowest BCUT2D eigenvalue weighted by Gasteiger charge is -2.24. The Balaban J connectivity index is 2.17. The van der Waals surface area contributed by atoms with E-state index < -0.39 is 5.92 Å². The second-order valence-electron chi connectivity index (χ2n) is 4.89. The van der Waals surface area contributed by atoms with Gasteiger partial charge in [0.25, 0.3) is 5.56 Å². The second kappa shape index (κ2) is 5.38. The van der Waals surface area contributed by atoms with Crippen molar-refractivity contribution in [1.29, 1.82) is 0 Å². The first-order valence-corrected chi connectivity index (χ1v) is 7.72. The summed E-state index contributed by atoms with van der Waals surface area (Å²) in [5, 5.41) is 22.1. The number of thioether (sulfide) groups is 1. The molecule has 1 aromatic heterocycles. The highest BCUT2D eigenvalue weighted by Crippen LogP contribution is 2.37. The van der Waals surface area contributed by atoms with E-state index in [1.165, 1.54) is 23.9 Å². The molecule has 22 heavy (non-hydrogen) atoms. The predicted octanol–water partition coefficient (Wildman–Crippen LogP) is 1.38. The van der Waals surface area contributed by atoms with Gasteiger partial charge in [0.15, 0.2) is 16.7 Å². The maximum atomic E-state index is 12.3. The minimum atomic E-state index is -0.526. The number of benzene rings is 1. The standard InChI is InChI=1S/C14H13N3O4S/c1-22-14-16-12-11(13(21)17-14)7(5-10(20)15-12)6-2-3-8(18)9(19)4-6/h2-4,7,18-19H,5H2,1H3,(H2,15,16,17,20,21)/t7-/m1/s1. The number of phenols is 2. The fourth-order valence-corrected chi connectivity index (χ4v) is 2.87. The van der Waals surface area contributed by atoms with Crippen molar-refractivity contribution in [2.75, 3.05) is 11.6 Å². The van der Waals surface area contributed by atoms with Crippen LogP contribution >= 0.6 is 11.8 Å². The molecule has 0 fully saturated rings. The third-order valence-corrected chi connectivity index (χ3v) is 4.10. The number of phenolic OH excluding ortho intramolecular Hbond substituents is 2. The molecule has 1 atom stereocenters. The first-order chi connectivity index (χ1) is 10.5. The minimum absolute atomic E-state index is 0.0700. The van der Waals surface area contributed by atoms with Crippen LogP contribution in [-0.2, 0) is 4.79 Å². The summed E-state index contributed by atoms with van der Waals surface area (Å²) in [6.45, 7) is 0. The van der Waals surface area contributed by atoms with Crippen LogP contribution in [0.1, 0.15) is 23.5 Å². The van der Waals surface area contributed by atoms with Crippen LogP contribution in [0.25, 0.3) is 0 Å². The Labute approximate surface area is 129 Å². The number of amides is 1. The van der Waals surface area contributed by atoms with E-state index in [9.17, 15) is 19.8 Å². The number of nitrogens with zero attached hydrogens (tertiary/aromatic N) is 1. The van der Waals surface area contributed by atoms with Gasteiger partial charge in [-0.25, -0.2) is 4.98 Å². The van der Waals surface area contributed by atoms with Crippen LogP contribution in [0, 0.1) is 0 Å². The van der Waals surface area contributed by atoms with Gasteiger partial charge in [-0.2, -0.15) is 0 Å². The van der Waals surface area contributed by atoms with Gasteiger partial charge in [0.1, 0.15) is 5.82 Å². The SMILES string of the molecule is CSc1nc2c(c(=O)[nH]1)[C@@H](c1ccc(O)c(O)c1)CC(=O)N2. The summed E-state index contributed by atoms with van der Waals surface area (Å²) in [5.74, 6) is -1.09. The van der Waals surface area contributed by atoms with Gasteiger partial charge in [0.05, 0.1) is 5.56 Å². The Morgan fingerprint density at radius 3 is 2.73 bits per heavy atom. The van der Waals surface area contributed by atoms with E-state index in [4.69, 9.17) is 0 Å². The van der Waals surface area contributed by atoms with Crippen molar-refractivity contribution in [3.63, 3.8) is 0 Å². The third-order valence-electron chi connectivity index (χ3n) is 3.52. The van der Waals surface area contributed by atoms with Crippen molar-refractivity contribution in [2.45, 2.75) is 17.5 Å². The molecule has 7 nitrogen and oxygen atoms in total. The summed E-state index contributed by atoms with van der Waals surface area (Å²) in [6, 6.07) is 4.25. The summed E-state index contributed by atoms with van der Waals surface area (Å²) in [6.07, 6.45) is 1.84. The summed E-state index contributed by atoms with van der Waals surface area (Å²) >= 11 is 1.27. The number of fused-ring (bicyclic) bond motifs is 1. The molecule has 1 aliphatic heterocycles. The highest BCUT2D eigenvalue weighted by Gasteiger charge is 2.31. The van der Waals surface area contributed by atoms with Gasteiger partial charge < -0.3 is 20.5 Å². The lowest BCUT2D eigenvalue weighted by molar-refractivity contribution is -0.116. The number of anilines is 1. The highest BCUT2D eigenvalue weighted by atomic mass is 32.2. The number of carbonyl (C=O) groups is 1. The summed E-state index contributed by atoms with van der Waals surface area (Å²) in [5.41, 5.74) is 0.588. The topological polar surface area (TPSA) is 115 Å². The van der Waals surface area contributed by atoms with Crippen LogP contribution in [0.3, 0.4) is 0 Å². The van der Waals surface area contributed by atoms with Crippen molar-refractivity contribution in [1.82, 2.24) is 9.97 Å². The first kappa shape index (κ1) is 14.5. The van der Waals surface area contributed by atoms with E-state index in [0.29, 0.717) is 16.3 Å². The molecule has 1 aromatic carbocycles. The van der Waals surface area contributed by atoms with Crippen LogP contribution in [0.4, 0.5) is 5.82 Å². The zero-order valence-corrected chi connectivity index (χ0v) is 12.4. The molecule has 0 saturated carbocycles. The van der Waals surface area contributed by atoms with Gasteiger partial charge in [-0.1, -0.05) is 17.8 Å². The molecule has 1 amide bonds. The van der Waals surface area contributed by atoms with Gasteiger partial charge in [0, 0.05) is 12.3 Å². The van der Waals surface area contributed by atoms with Crippen molar-refractivity contribution >= 4 is 23.5 Å². The molecule has 4 N–H and O–H groups in total. The molecule has 0 unspecified atom stereocenters. The van der Waals surface area contributed by atoms with Crippen LogP contribution in [0.15, 0.2) is 28.2 Å². The smallest absolute Gasteiger partial charge is 0.257 e. The number of hydrogen-bond donors (Lipinski definition) is 4. The predicted molar refractivity (Wildman–Crippen MR) is 81.5 cm³/mol. The van der Waals surface area contributed by atoms with Crippen molar-refractivity contribution in [2.24, 2.45) is 0 Å². The van der Waals surface area contributed by atoms with Crippen LogP contribution < -0.4 is 10.9 Å². The van der Waals surface area contributed by atoms with E-state index >= 15 is 0 Å². The summed E-state index contributed by atoms with van der Waals surface area (Å²) in [7, 11) is 0. The van der Waals surface area contributed by atoms with E-state index in [1.54, 1.807) is 12.3 Å². The summed E-state index contributed by atoms with van der Waals surface area (Å²) in [4.78, 5) is 31.1. The van der Waals surface area contributed by atoms with Gasteiger partial charge in [-0.05, 0) is 24.0 Å². The number of carbonyl (C=O) groups excluding carboxylic acids is 1. The highest BCUT2D eigenvalue weighted by molar-refractivity contribution is 7.98. The maximum Gasteiger partial charge on any atom is 0.257 e. The third kappa shape index (κ3) is 2.41. The van der Waals surface area contributed by atoms with E-state index in [1.807, 2.05) is 0 Å². The second-order valence-corrected chi connectivity index (χ2v) is 5.69. The molecule has 0 spiro atoms. The van der Waals surface area contributed by atoms with Crippen LogP contribution in [0.5, 0.6) is 11.5 Å². The number of aromatic hydroxyl groups is 2. The zero-order chi connectivity index (χ0) is 15.9. The fourth-order valence-electron chi connectivity index (χ4n) is 2.49. The summed E-state index contributed by atoms with van der Waals surface area (Å²) < 4.78 is 0. The zero-order valence-electron chi connectivity index (χ0n) is 11.6. The van der Waals surface area contributed by atoms with E-state index in [-0.39, 0.29) is 35.2 Å². The number of nitrogens with one attached hydrogen (secondary N) is 2. The van der Waals surface area contributed by atoms with Gasteiger partial charge >= 0.3 is 0 Å². The quantitative estimate of drug-likeness (QED) is 0.377. The number of hydrogen-bond acceptors (Lipinski definition) is 6. The van der Waals surface area contributed by atoms with Gasteiger partial charge in [-0.15, -0.1) is 0 Å². The number of aromatic nitrogens is 2.